The first-order chi connectivity index (χ1) is 11.6. The fourth-order valence-electron chi connectivity index (χ4n) is 2.50. The van der Waals surface area contributed by atoms with Crippen molar-refractivity contribution in [3.63, 3.8) is 0 Å². The highest BCUT2D eigenvalue weighted by Crippen LogP contribution is 2.29. The van der Waals surface area contributed by atoms with Gasteiger partial charge in [-0.25, -0.2) is 0 Å². The minimum Gasteiger partial charge on any atom is -0.351 e. The summed E-state index contributed by atoms with van der Waals surface area (Å²) in [7, 11) is 0. The van der Waals surface area contributed by atoms with Crippen molar-refractivity contribution < 1.29 is 4.79 Å². The number of hydrogen-bond acceptors (Lipinski definition) is 3. The molecule has 2 N–H and O–H groups in total. The van der Waals surface area contributed by atoms with Gasteiger partial charge in [-0.2, -0.15) is 0 Å². The summed E-state index contributed by atoms with van der Waals surface area (Å²) in [5.41, 5.74) is 2.93. The van der Waals surface area contributed by atoms with Gasteiger partial charge in [-0.1, -0.05) is 30.3 Å². The number of aromatic nitrogens is 1. The minimum atomic E-state index is -0.119. The fourth-order valence-corrected chi connectivity index (χ4v) is 3.50. The van der Waals surface area contributed by atoms with Crippen molar-refractivity contribution >= 4 is 17.2 Å². The number of amides is 1. The molecule has 2 aromatic heterocycles. The number of thiophene rings is 1. The van der Waals surface area contributed by atoms with E-state index in [4.69, 9.17) is 0 Å². The van der Waals surface area contributed by atoms with Gasteiger partial charge in [-0.3, -0.25) is 9.59 Å². The number of hydrogen-bond donors (Lipinski definition) is 2. The fraction of sp³-hybridized carbons (Fsp3) is 0.158. The molecule has 0 aliphatic rings. The quantitative estimate of drug-likeness (QED) is 0.749. The second-order valence-corrected chi connectivity index (χ2v) is 6.63. The summed E-state index contributed by atoms with van der Waals surface area (Å²) in [6, 6.07) is 15.4. The highest BCUT2D eigenvalue weighted by molar-refractivity contribution is 7.17. The summed E-state index contributed by atoms with van der Waals surface area (Å²) in [4.78, 5) is 27.9. The van der Waals surface area contributed by atoms with Crippen LogP contribution in [0.5, 0.6) is 0 Å². The lowest BCUT2D eigenvalue weighted by Crippen LogP contribution is -2.24. The van der Waals surface area contributed by atoms with Crippen LogP contribution in [-0.4, -0.2) is 17.4 Å². The zero-order valence-corrected chi connectivity index (χ0v) is 14.2. The second-order valence-electron chi connectivity index (χ2n) is 5.55. The molecule has 122 valence electrons. The average molecular weight is 338 g/mol. The molecule has 0 radical (unpaired) electrons. The number of nitrogens with one attached hydrogen (secondary N) is 2. The maximum Gasteiger partial charge on any atom is 0.261 e. The van der Waals surface area contributed by atoms with Crippen molar-refractivity contribution in [2.75, 3.05) is 6.54 Å². The largest absolute Gasteiger partial charge is 0.351 e. The molecule has 1 aromatic carbocycles. The molecule has 0 saturated carbocycles. The third-order valence-corrected chi connectivity index (χ3v) is 4.89. The van der Waals surface area contributed by atoms with Crippen molar-refractivity contribution in [3.8, 4) is 10.4 Å². The normalized spacial score (nSPS) is 10.5. The van der Waals surface area contributed by atoms with Crippen molar-refractivity contribution in [2.24, 2.45) is 0 Å². The van der Waals surface area contributed by atoms with E-state index in [1.54, 1.807) is 12.3 Å². The van der Waals surface area contributed by atoms with Crippen molar-refractivity contribution in [3.05, 3.63) is 81.1 Å². The molecule has 1 amide bonds. The maximum atomic E-state index is 12.3. The monoisotopic (exact) mass is 338 g/mol. The molecule has 0 atom stereocenters. The van der Waals surface area contributed by atoms with Gasteiger partial charge in [-0.05, 0) is 36.6 Å². The number of carbonyl (C=O) groups excluding carboxylic acids is 1. The van der Waals surface area contributed by atoms with Gasteiger partial charge >= 0.3 is 0 Å². The summed E-state index contributed by atoms with van der Waals surface area (Å²) in [5.74, 6) is -0.0655. The zero-order chi connectivity index (χ0) is 16.9. The van der Waals surface area contributed by atoms with E-state index in [9.17, 15) is 9.59 Å². The van der Waals surface area contributed by atoms with E-state index in [0.717, 1.165) is 22.4 Å². The molecule has 5 heteroatoms. The SMILES string of the molecule is Cc1cc(=O)[nH]cc1-c1ccc(C(=O)NCCc2ccccc2)s1. The third kappa shape index (κ3) is 3.81. The Kier molecular flexibility index (Phi) is 4.91. The second kappa shape index (κ2) is 7.27. The zero-order valence-electron chi connectivity index (χ0n) is 13.3. The van der Waals surface area contributed by atoms with Gasteiger partial charge in [0.1, 0.15) is 0 Å². The lowest BCUT2D eigenvalue weighted by Gasteiger charge is -2.04. The number of pyridine rings is 1. The van der Waals surface area contributed by atoms with Gasteiger partial charge in [0.15, 0.2) is 0 Å². The molecule has 0 spiro atoms. The summed E-state index contributed by atoms with van der Waals surface area (Å²) in [6.45, 7) is 2.50. The number of rotatable bonds is 5. The molecule has 0 fully saturated rings. The Morgan fingerprint density at radius 1 is 1.17 bits per heavy atom. The molecule has 3 rings (SSSR count). The molecular formula is C19H18N2O2S. The molecule has 0 unspecified atom stereocenters. The molecular weight excluding hydrogens is 320 g/mol. The number of carbonyl (C=O) groups is 1. The highest BCUT2D eigenvalue weighted by Gasteiger charge is 2.11. The summed E-state index contributed by atoms with van der Waals surface area (Å²) < 4.78 is 0. The van der Waals surface area contributed by atoms with Crippen LogP contribution in [0.1, 0.15) is 20.8 Å². The number of aromatic amines is 1. The van der Waals surface area contributed by atoms with E-state index in [-0.39, 0.29) is 11.5 Å². The highest BCUT2D eigenvalue weighted by atomic mass is 32.1. The van der Waals surface area contributed by atoms with Crippen LogP contribution in [0, 0.1) is 6.92 Å². The average Bonchev–Trinajstić information content (AvgIpc) is 3.05. The number of H-pyrrole nitrogens is 1. The van der Waals surface area contributed by atoms with E-state index in [2.05, 4.69) is 10.3 Å². The van der Waals surface area contributed by atoms with Crippen LogP contribution >= 0.6 is 11.3 Å². The minimum absolute atomic E-state index is 0.0655. The smallest absolute Gasteiger partial charge is 0.261 e. The van der Waals surface area contributed by atoms with Gasteiger partial charge < -0.3 is 10.3 Å². The van der Waals surface area contributed by atoms with Crippen LogP contribution in [0.15, 0.2) is 59.5 Å². The lowest BCUT2D eigenvalue weighted by molar-refractivity contribution is 0.0958. The van der Waals surface area contributed by atoms with Gasteiger partial charge in [0.2, 0.25) is 5.56 Å². The molecule has 0 aliphatic carbocycles. The molecule has 24 heavy (non-hydrogen) atoms. The summed E-state index contributed by atoms with van der Waals surface area (Å²) in [6.07, 6.45) is 2.50. The Hall–Kier alpha value is -2.66. The number of aryl methyl sites for hydroxylation is 1. The number of benzene rings is 1. The summed E-state index contributed by atoms with van der Waals surface area (Å²) in [5, 5.41) is 2.95. The Morgan fingerprint density at radius 2 is 1.96 bits per heavy atom. The van der Waals surface area contributed by atoms with Crippen LogP contribution < -0.4 is 10.9 Å². The van der Waals surface area contributed by atoms with Crippen molar-refractivity contribution in [2.45, 2.75) is 13.3 Å². The molecule has 0 aliphatic heterocycles. The molecule has 0 bridgehead atoms. The van der Waals surface area contributed by atoms with Gasteiger partial charge in [0.05, 0.1) is 4.88 Å². The third-order valence-electron chi connectivity index (χ3n) is 3.77. The topological polar surface area (TPSA) is 62.0 Å². The van der Waals surface area contributed by atoms with Crippen LogP contribution in [0.3, 0.4) is 0 Å². The first-order valence-corrected chi connectivity index (χ1v) is 8.57. The molecule has 2 heterocycles. The lowest BCUT2D eigenvalue weighted by atomic mass is 10.1. The first kappa shape index (κ1) is 16.2. The van der Waals surface area contributed by atoms with Crippen molar-refractivity contribution in [1.29, 1.82) is 0 Å². The van der Waals surface area contributed by atoms with Crippen molar-refractivity contribution in [1.82, 2.24) is 10.3 Å². The maximum absolute atomic E-state index is 12.3. The molecule has 0 saturated heterocycles. The van der Waals surface area contributed by atoms with Gasteiger partial charge in [0.25, 0.3) is 5.91 Å². The Balaban J connectivity index is 1.64. The van der Waals surface area contributed by atoms with E-state index < -0.39 is 0 Å². The van der Waals surface area contributed by atoms with E-state index in [1.165, 1.54) is 16.9 Å². The van der Waals surface area contributed by atoms with Crippen LogP contribution in [0.2, 0.25) is 0 Å². The predicted octanol–water partition coefficient (Wildman–Crippen LogP) is 3.38. The predicted molar refractivity (Wildman–Crippen MR) is 97.6 cm³/mol. The molecule has 4 nitrogen and oxygen atoms in total. The van der Waals surface area contributed by atoms with E-state index in [1.807, 2.05) is 49.4 Å². The first-order valence-electron chi connectivity index (χ1n) is 7.75. The summed E-state index contributed by atoms with van der Waals surface area (Å²) >= 11 is 1.43. The Morgan fingerprint density at radius 3 is 2.71 bits per heavy atom. The van der Waals surface area contributed by atoms with Gasteiger partial charge in [0, 0.05) is 29.2 Å². The van der Waals surface area contributed by atoms with E-state index >= 15 is 0 Å². The van der Waals surface area contributed by atoms with Crippen LogP contribution in [0.4, 0.5) is 0 Å². The molecule has 3 aromatic rings. The van der Waals surface area contributed by atoms with Gasteiger partial charge in [-0.15, -0.1) is 11.3 Å². The van der Waals surface area contributed by atoms with Crippen LogP contribution in [-0.2, 0) is 6.42 Å². The Bertz CT molecular complexity index is 897. The van der Waals surface area contributed by atoms with Crippen LogP contribution in [0.25, 0.3) is 10.4 Å². The van der Waals surface area contributed by atoms with E-state index in [0.29, 0.717) is 11.4 Å². The standard InChI is InChI=1S/C19H18N2O2S/c1-13-11-18(22)21-12-15(13)16-7-8-17(24-16)19(23)20-10-9-14-5-3-2-4-6-14/h2-8,11-12H,9-10H2,1H3,(H,20,23)(H,21,22). The Labute approximate surface area is 144 Å².